The zero-order valence-corrected chi connectivity index (χ0v) is 32.6. The monoisotopic (exact) mass is 630 g/mol. The molecule has 0 saturated carbocycles. The predicted molar refractivity (Wildman–Crippen MR) is 180 cm³/mol. The SMILES string of the molecule is CC1=C([Si](C)(C)[N-]C[N-][Si](C)(C)C2=C(C)Cc3c(C)cccc32)c2cccc(C)c2C1.[CH3-].[CH3-].[CH3-].[CH3-].[CH3-].[CH3-].[Ti+4].[Ti+4]. The Morgan fingerprint density at radius 2 is 0.872 bits per heavy atom. The predicted octanol–water partition coefficient (Wildman–Crippen LogP) is 10.6. The van der Waals surface area contributed by atoms with E-state index in [1.165, 1.54) is 54.9 Å². The van der Waals surface area contributed by atoms with E-state index in [2.05, 4.69) is 90.3 Å². The number of aryl methyl sites for hydroxylation is 2. The third-order valence-corrected chi connectivity index (χ3v) is 13.0. The molecule has 0 aliphatic heterocycles. The quantitative estimate of drug-likeness (QED) is 0.224. The van der Waals surface area contributed by atoms with Gasteiger partial charge in [-0.25, -0.2) is 0 Å². The standard InChI is InChI=1S/C27H36N2Si2.6CH3.2Ti/c1-18-11-9-13-22-24(18)15-20(3)26(22)30(5,6)28-17-29-31(7,8)27-21(4)16-25-19(2)12-10-14-23(25)27;;;;;;;;/h9-14H,15-17H2,1-8H3;6*1H3;;/q-2;6*-1;2*+4. The second kappa shape index (κ2) is 18.3. The van der Waals surface area contributed by atoms with Gasteiger partial charge in [0.25, 0.3) is 0 Å². The van der Waals surface area contributed by atoms with Gasteiger partial charge in [-0.05, 0) is 90.4 Å². The second-order valence-corrected chi connectivity index (χ2v) is 18.3. The molecule has 0 heterocycles. The smallest absolute Gasteiger partial charge is 0.679 e. The van der Waals surface area contributed by atoms with Crippen molar-refractivity contribution in [3.8, 4) is 0 Å². The van der Waals surface area contributed by atoms with Crippen LogP contribution in [0.2, 0.25) is 26.2 Å². The minimum absolute atomic E-state index is 0. The van der Waals surface area contributed by atoms with Crippen LogP contribution in [0.25, 0.3) is 20.4 Å². The van der Waals surface area contributed by atoms with Gasteiger partial charge in [-0.1, -0.05) is 84.1 Å². The van der Waals surface area contributed by atoms with Gasteiger partial charge in [0.15, 0.2) is 0 Å². The van der Waals surface area contributed by atoms with E-state index in [0.717, 1.165) is 12.8 Å². The van der Waals surface area contributed by atoms with Gasteiger partial charge in [-0.3, -0.25) is 6.67 Å². The number of fused-ring (bicyclic) bond motifs is 2. The van der Waals surface area contributed by atoms with Crippen molar-refractivity contribution in [1.82, 2.24) is 0 Å². The maximum absolute atomic E-state index is 5.30. The summed E-state index contributed by atoms with van der Waals surface area (Å²) in [6, 6.07) is 13.5. The molecule has 2 nitrogen and oxygen atoms in total. The summed E-state index contributed by atoms with van der Waals surface area (Å²) >= 11 is 0. The molecule has 2 aliphatic rings. The molecular weight excluding hydrogens is 576 g/mol. The fourth-order valence-electron chi connectivity index (χ4n) is 5.76. The van der Waals surface area contributed by atoms with Crippen LogP contribution in [-0.4, -0.2) is 23.1 Å². The van der Waals surface area contributed by atoms with Gasteiger partial charge >= 0.3 is 43.4 Å². The summed E-state index contributed by atoms with van der Waals surface area (Å²) in [6.45, 7) is 19.3. The first-order valence-electron chi connectivity index (χ1n) is 11.5. The molecule has 0 saturated heterocycles. The third kappa shape index (κ3) is 9.35. The number of allylic oxidation sites excluding steroid dienone is 2. The molecule has 0 atom stereocenters. The van der Waals surface area contributed by atoms with Crippen LogP contribution in [0.3, 0.4) is 0 Å². The fourth-order valence-corrected chi connectivity index (χ4v) is 11.1. The Morgan fingerprint density at radius 1 is 0.564 bits per heavy atom. The minimum atomic E-state index is -1.93. The summed E-state index contributed by atoms with van der Waals surface area (Å²) < 4.78 is 0. The van der Waals surface area contributed by atoms with Crippen molar-refractivity contribution in [2.24, 2.45) is 0 Å². The van der Waals surface area contributed by atoms with Gasteiger partial charge in [-0.15, -0.1) is 0 Å². The molecule has 0 aromatic heterocycles. The Labute approximate surface area is 277 Å². The summed E-state index contributed by atoms with van der Waals surface area (Å²) in [5, 5.41) is 3.08. The summed E-state index contributed by atoms with van der Waals surface area (Å²) in [6.07, 6.45) is 2.17. The Balaban J connectivity index is -0.000000482. The van der Waals surface area contributed by atoms with Crippen LogP contribution in [0.1, 0.15) is 47.2 Å². The molecule has 0 radical (unpaired) electrons. The summed E-state index contributed by atoms with van der Waals surface area (Å²) in [7, 11) is -3.85. The molecule has 39 heavy (non-hydrogen) atoms. The van der Waals surface area contributed by atoms with Gasteiger partial charge in [0.1, 0.15) is 0 Å². The summed E-state index contributed by atoms with van der Waals surface area (Å²) in [4.78, 5) is 10.6. The maximum Gasteiger partial charge on any atom is 4.00 e. The van der Waals surface area contributed by atoms with E-state index in [0.29, 0.717) is 6.67 Å². The number of nitrogens with zero attached hydrogens (tertiary/aromatic N) is 2. The van der Waals surface area contributed by atoms with Crippen molar-refractivity contribution >= 4 is 26.9 Å². The van der Waals surface area contributed by atoms with Crippen LogP contribution in [-0.2, 0) is 56.3 Å². The molecule has 0 unspecified atom stereocenters. The molecule has 6 heteroatoms. The van der Waals surface area contributed by atoms with Crippen molar-refractivity contribution in [2.75, 3.05) is 6.67 Å². The molecule has 212 valence electrons. The first kappa shape index (κ1) is 48.4. The topological polar surface area (TPSA) is 28.2 Å². The first-order chi connectivity index (χ1) is 14.5. The van der Waals surface area contributed by atoms with Crippen LogP contribution in [0, 0.1) is 58.4 Å². The first-order valence-corrected chi connectivity index (χ1v) is 17.4. The van der Waals surface area contributed by atoms with Gasteiger partial charge in [-0.2, -0.15) is 0 Å². The van der Waals surface area contributed by atoms with Gasteiger partial charge < -0.3 is 54.5 Å². The maximum atomic E-state index is 5.30. The number of rotatable bonds is 6. The van der Waals surface area contributed by atoms with Crippen LogP contribution in [0.15, 0.2) is 47.5 Å². The van der Waals surface area contributed by atoms with Crippen molar-refractivity contribution in [3.05, 3.63) is 135 Å². The van der Waals surface area contributed by atoms with E-state index < -0.39 is 16.5 Å². The average Bonchev–Trinajstić information content (AvgIpc) is 3.20. The third-order valence-electron chi connectivity index (χ3n) is 7.25. The second-order valence-electron chi connectivity index (χ2n) is 10.4. The zero-order valence-electron chi connectivity index (χ0n) is 27.5. The van der Waals surface area contributed by atoms with Crippen LogP contribution in [0.4, 0.5) is 0 Å². The molecule has 2 aliphatic carbocycles. The van der Waals surface area contributed by atoms with E-state index in [4.69, 9.17) is 9.96 Å². The van der Waals surface area contributed by atoms with Crippen molar-refractivity contribution in [3.63, 3.8) is 0 Å². The number of hydrogen-bond acceptors (Lipinski definition) is 0. The molecule has 0 bridgehead atoms. The van der Waals surface area contributed by atoms with Gasteiger partial charge in [0, 0.05) is 0 Å². The van der Waals surface area contributed by atoms with E-state index in [1.54, 1.807) is 0 Å². The molecular formula is C33H54N2Si2Ti2. The average molecular weight is 631 g/mol. The molecule has 0 amide bonds. The van der Waals surface area contributed by atoms with Gasteiger partial charge in [0.2, 0.25) is 0 Å². The number of hydrogen-bond donors (Lipinski definition) is 0. The molecule has 0 spiro atoms. The van der Waals surface area contributed by atoms with E-state index in [-0.39, 0.29) is 88.0 Å². The summed E-state index contributed by atoms with van der Waals surface area (Å²) in [5.74, 6) is 0. The molecule has 0 fully saturated rings. The normalized spacial score (nSPS) is 12.9. The van der Waals surface area contributed by atoms with Gasteiger partial charge in [0.05, 0.1) is 0 Å². The Morgan fingerprint density at radius 3 is 1.18 bits per heavy atom. The van der Waals surface area contributed by atoms with Crippen molar-refractivity contribution in [1.29, 1.82) is 0 Å². The zero-order chi connectivity index (χ0) is 22.6. The minimum Gasteiger partial charge on any atom is -0.679 e. The van der Waals surface area contributed by atoms with E-state index in [1.807, 2.05) is 0 Å². The van der Waals surface area contributed by atoms with Crippen LogP contribution in [0.5, 0.6) is 0 Å². The molecule has 2 aromatic carbocycles. The van der Waals surface area contributed by atoms with Crippen LogP contribution < -0.4 is 0 Å². The number of benzene rings is 2. The van der Waals surface area contributed by atoms with Crippen LogP contribution >= 0.6 is 0 Å². The van der Waals surface area contributed by atoms with Crippen molar-refractivity contribution < 1.29 is 43.4 Å². The largest absolute Gasteiger partial charge is 4.00 e. The van der Waals surface area contributed by atoms with Crippen molar-refractivity contribution in [2.45, 2.75) is 66.7 Å². The Hall–Kier alpha value is -0.298. The molecule has 4 rings (SSSR count). The summed E-state index contributed by atoms with van der Waals surface area (Å²) in [5.41, 5.74) is 11.8. The Bertz CT molecular complexity index is 1030. The molecule has 2 aromatic rings. The van der Waals surface area contributed by atoms with E-state index >= 15 is 0 Å². The Kier molecular flexibility index (Phi) is 22.7. The fraction of sp³-hybridized carbons (Fsp3) is 0.333. The molecule has 0 N–H and O–H groups in total. The van der Waals surface area contributed by atoms with E-state index in [9.17, 15) is 0 Å².